The molecule has 0 saturated heterocycles. The SMILES string of the molecule is Cc1nc(COCC(C)(C)CNCc2ccccc2)no1. The van der Waals surface area contributed by atoms with Gasteiger partial charge in [0.1, 0.15) is 6.61 Å². The maximum absolute atomic E-state index is 5.68. The number of nitrogens with zero attached hydrogens (tertiary/aromatic N) is 2. The van der Waals surface area contributed by atoms with Gasteiger partial charge in [-0.05, 0) is 5.56 Å². The molecule has 0 radical (unpaired) electrons. The minimum atomic E-state index is 0.0492. The molecule has 1 heterocycles. The van der Waals surface area contributed by atoms with Crippen molar-refractivity contribution in [2.24, 2.45) is 5.41 Å². The molecule has 0 amide bonds. The normalized spacial score (nSPS) is 11.8. The third-order valence-corrected chi connectivity index (χ3v) is 3.07. The van der Waals surface area contributed by atoms with Gasteiger partial charge in [0.05, 0.1) is 6.61 Å². The Hall–Kier alpha value is -1.72. The van der Waals surface area contributed by atoms with E-state index in [1.807, 2.05) is 6.07 Å². The molecule has 0 aliphatic rings. The second-order valence-corrected chi connectivity index (χ2v) is 5.98. The summed E-state index contributed by atoms with van der Waals surface area (Å²) in [6, 6.07) is 10.4. The lowest BCUT2D eigenvalue weighted by Crippen LogP contribution is -2.33. The number of hydrogen-bond acceptors (Lipinski definition) is 5. The van der Waals surface area contributed by atoms with Gasteiger partial charge in [0, 0.05) is 25.4 Å². The third-order valence-electron chi connectivity index (χ3n) is 3.07. The van der Waals surface area contributed by atoms with E-state index in [-0.39, 0.29) is 5.41 Å². The number of ether oxygens (including phenoxy) is 1. The highest BCUT2D eigenvalue weighted by molar-refractivity contribution is 5.14. The molecule has 0 aliphatic heterocycles. The van der Waals surface area contributed by atoms with Crippen molar-refractivity contribution in [2.75, 3.05) is 13.2 Å². The van der Waals surface area contributed by atoms with Crippen LogP contribution in [0, 0.1) is 12.3 Å². The fourth-order valence-corrected chi connectivity index (χ4v) is 2.01. The van der Waals surface area contributed by atoms with Crippen LogP contribution >= 0.6 is 0 Å². The summed E-state index contributed by atoms with van der Waals surface area (Å²) < 4.78 is 10.6. The smallest absolute Gasteiger partial charge is 0.223 e. The maximum atomic E-state index is 5.68. The fourth-order valence-electron chi connectivity index (χ4n) is 2.01. The maximum Gasteiger partial charge on any atom is 0.223 e. The van der Waals surface area contributed by atoms with Gasteiger partial charge in [-0.25, -0.2) is 0 Å². The second kappa shape index (κ2) is 7.33. The first kappa shape index (κ1) is 15.7. The Bertz CT molecular complexity index is 537. The van der Waals surface area contributed by atoms with Gasteiger partial charge in [-0.2, -0.15) is 4.98 Å². The summed E-state index contributed by atoms with van der Waals surface area (Å²) in [6.45, 7) is 8.90. The molecule has 2 rings (SSSR count). The average Bonchev–Trinajstić information content (AvgIpc) is 2.85. The van der Waals surface area contributed by atoms with Crippen molar-refractivity contribution in [1.82, 2.24) is 15.5 Å². The van der Waals surface area contributed by atoms with Crippen molar-refractivity contribution in [2.45, 2.75) is 33.9 Å². The van der Waals surface area contributed by atoms with E-state index in [4.69, 9.17) is 9.26 Å². The number of hydrogen-bond donors (Lipinski definition) is 1. The highest BCUT2D eigenvalue weighted by Gasteiger charge is 2.18. The van der Waals surface area contributed by atoms with E-state index in [2.05, 4.69) is 53.6 Å². The lowest BCUT2D eigenvalue weighted by Gasteiger charge is -2.24. The van der Waals surface area contributed by atoms with Crippen molar-refractivity contribution in [3.8, 4) is 0 Å². The van der Waals surface area contributed by atoms with Crippen LogP contribution in [0.25, 0.3) is 0 Å². The molecule has 0 fully saturated rings. The molecule has 0 unspecified atom stereocenters. The van der Waals surface area contributed by atoms with Gasteiger partial charge < -0.3 is 14.6 Å². The van der Waals surface area contributed by atoms with E-state index in [0.717, 1.165) is 13.1 Å². The Balaban J connectivity index is 1.66. The Morgan fingerprint density at radius 2 is 2.00 bits per heavy atom. The first-order chi connectivity index (χ1) is 10.1. The molecular weight excluding hydrogens is 266 g/mol. The van der Waals surface area contributed by atoms with E-state index in [1.54, 1.807) is 6.92 Å². The Morgan fingerprint density at radius 1 is 1.24 bits per heavy atom. The minimum Gasteiger partial charge on any atom is -0.373 e. The Kier molecular flexibility index (Phi) is 5.47. The van der Waals surface area contributed by atoms with Crippen molar-refractivity contribution >= 4 is 0 Å². The van der Waals surface area contributed by atoms with Crippen molar-refractivity contribution in [1.29, 1.82) is 0 Å². The van der Waals surface area contributed by atoms with E-state index >= 15 is 0 Å². The van der Waals surface area contributed by atoms with Crippen molar-refractivity contribution in [3.05, 3.63) is 47.6 Å². The molecule has 0 atom stereocenters. The minimum absolute atomic E-state index is 0.0492. The molecule has 0 aliphatic carbocycles. The summed E-state index contributed by atoms with van der Waals surface area (Å²) in [7, 11) is 0. The van der Waals surface area contributed by atoms with Crippen LogP contribution in [0.15, 0.2) is 34.9 Å². The van der Waals surface area contributed by atoms with Crippen LogP contribution in [0.5, 0.6) is 0 Å². The van der Waals surface area contributed by atoms with Gasteiger partial charge in [0.2, 0.25) is 5.89 Å². The standard InChI is InChI=1S/C16H23N3O2/c1-13-18-15(19-21-13)10-20-12-16(2,3)11-17-9-14-7-5-4-6-8-14/h4-8,17H,9-12H2,1-3H3. The Labute approximate surface area is 125 Å². The van der Waals surface area contributed by atoms with Gasteiger partial charge >= 0.3 is 0 Å². The quantitative estimate of drug-likeness (QED) is 0.809. The first-order valence-corrected chi connectivity index (χ1v) is 7.17. The van der Waals surface area contributed by atoms with Crippen molar-refractivity contribution < 1.29 is 9.26 Å². The highest BCUT2D eigenvalue weighted by atomic mass is 16.5. The van der Waals surface area contributed by atoms with Gasteiger partial charge in [-0.15, -0.1) is 0 Å². The predicted molar refractivity (Wildman–Crippen MR) is 80.6 cm³/mol. The molecule has 0 bridgehead atoms. The molecule has 5 nitrogen and oxygen atoms in total. The topological polar surface area (TPSA) is 60.2 Å². The summed E-state index contributed by atoms with van der Waals surface area (Å²) in [6.07, 6.45) is 0. The second-order valence-electron chi connectivity index (χ2n) is 5.98. The number of rotatable bonds is 8. The van der Waals surface area contributed by atoms with E-state index in [1.165, 1.54) is 5.56 Å². The molecule has 0 saturated carbocycles. The summed E-state index contributed by atoms with van der Waals surface area (Å²) >= 11 is 0. The molecule has 1 aromatic heterocycles. The lowest BCUT2D eigenvalue weighted by molar-refractivity contribution is 0.0467. The number of nitrogens with one attached hydrogen (secondary N) is 1. The Morgan fingerprint density at radius 3 is 2.67 bits per heavy atom. The summed E-state index contributed by atoms with van der Waals surface area (Å²) in [4.78, 5) is 4.11. The zero-order valence-electron chi connectivity index (χ0n) is 12.9. The molecule has 114 valence electrons. The summed E-state index contributed by atoms with van der Waals surface area (Å²) in [5, 5.41) is 7.28. The van der Waals surface area contributed by atoms with Crippen LogP contribution in [-0.2, 0) is 17.9 Å². The molecular formula is C16H23N3O2. The van der Waals surface area contributed by atoms with Gasteiger partial charge in [-0.1, -0.05) is 49.3 Å². The largest absolute Gasteiger partial charge is 0.373 e. The zero-order chi connectivity index (χ0) is 15.1. The van der Waals surface area contributed by atoms with Crippen LogP contribution in [0.2, 0.25) is 0 Å². The van der Waals surface area contributed by atoms with E-state index < -0.39 is 0 Å². The predicted octanol–water partition coefficient (Wildman–Crippen LogP) is 2.71. The summed E-state index contributed by atoms with van der Waals surface area (Å²) in [5.74, 6) is 1.16. The van der Waals surface area contributed by atoms with Gasteiger partial charge in [-0.3, -0.25) is 0 Å². The van der Waals surface area contributed by atoms with Crippen LogP contribution in [-0.4, -0.2) is 23.3 Å². The van der Waals surface area contributed by atoms with E-state index in [9.17, 15) is 0 Å². The first-order valence-electron chi connectivity index (χ1n) is 7.17. The van der Waals surface area contributed by atoms with Gasteiger partial charge in [0.25, 0.3) is 0 Å². The number of benzene rings is 1. The number of aryl methyl sites for hydroxylation is 1. The zero-order valence-corrected chi connectivity index (χ0v) is 12.9. The lowest BCUT2D eigenvalue weighted by atomic mass is 9.95. The van der Waals surface area contributed by atoms with Crippen molar-refractivity contribution in [3.63, 3.8) is 0 Å². The van der Waals surface area contributed by atoms with Gasteiger partial charge in [0.15, 0.2) is 5.82 Å². The molecule has 0 spiro atoms. The fraction of sp³-hybridized carbons (Fsp3) is 0.500. The molecule has 5 heteroatoms. The van der Waals surface area contributed by atoms with Crippen LogP contribution < -0.4 is 5.32 Å². The van der Waals surface area contributed by atoms with Crippen LogP contribution in [0.3, 0.4) is 0 Å². The van der Waals surface area contributed by atoms with E-state index in [0.29, 0.717) is 24.9 Å². The molecule has 21 heavy (non-hydrogen) atoms. The van der Waals surface area contributed by atoms with Crippen LogP contribution in [0.1, 0.15) is 31.1 Å². The molecule has 1 N–H and O–H groups in total. The molecule has 2 aromatic rings. The van der Waals surface area contributed by atoms with Crippen LogP contribution in [0.4, 0.5) is 0 Å². The monoisotopic (exact) mass is 289 g/mol. The third kappa shape index (κ3) is 5.65. The molecule has 1 aromatic carbocycles. The summed E-state index contributed by atoms with van der Waals surface area (Å²) in [5.41, 5.74) is 1.34. The highest BCUT2D eigenvalue weighted by Crippen LogP contribution is 2.15. The average molecular weight is 289 g/mol. The number of aromatic nitrogens is 2.